The first-order chi connectivity index (χ1) is 8.36. The minimum absolute atomic E-state index is 0.684. The van der Waals surface area contributed by atoms with E-state index >= 15 is 0 Å². The Balaban J connectivity index is 2.10. The fraction of sp³-hybridized carbons (Fsp3) is 0. The second-order valence-electron chi connectivity index (χ2n) is 3.63. The number of para-hydroxylation sites is 1. The molecular weight excluding hydrogens is 232 g/mol. The van der Waals surface area contributed by atoms with Crippen molar-refractivity contribution in [3.8, 4) is 16.3 Å². The third kappa shape index (κ3) is 1.72. The SMILES string of the molecule is [O-][n+]1c(-c2cccs2)ccn1-c1ccccc1. The quantitative estimate of drug-likeness (QED) is 0.502. The van der Waals surface area contributed by atoms with Gasteiger partial charge in [-0.05, 0) is 23.6 Å². The zero-order chi connectivity index (χ0) is 11.7. The summed E-state index contributed by atoms with van der Waals surface area (Å²) in [6, 6.07) is 15.3. The van der Waals surface area contributed by atoms with Crippen LogP contribution in [0.2, 0.25) is 0 Å². The van der Waals surface area contributed by atoms with Crippen molar-refractivity contribution in [2.45, 2.75) is 0 Å². The molecule has 0 unspecified atom stereocenters. The summed E-state index contributed by atoms with van der Waals surface area (Å²) in [7, 11) is 0. The van der Waals surface area contributed by atoms with Gasteiger partial charge in [-0.3, -0.25) is 0 Å². The van der Waals surface area contributed by atoms with Crippen LogP contribution in [0, 0.1) is 5.21 Å². The second-order valence-corrected chi connectivity index (χ2v) is 4.58. The van der Waals surface area contributed by atoms with Crippen LogP contribution in [0.4, 0.5) is 0 Å². The van der Waals surface area contributed by atoms with Crippen LogP contribution in [-0.2, 0) is 0 Å². The molecule has 2 aromatic heterocycles. The number of benzene rings is 1. The van der Waals surface area contributed by atoms with Crippen molar-refractivity contribution in [2.75, 3.05) is 0 Å². The minimum Gasteiger partial charge on any atom is -0.595 e. The van der Waals surface area contributed by atoms with Gasteiger partial charge in [0.05, 0.1) is 6.20 Å². The number of nitrogens with zero attached hydrogens (tertiary/aromatic N) is 2. The normalized spacial score (nSPS) is 10.6. The Morgan fingerprint density at radius 3 is 2.53 bits per heavy atom. The van der Waals surface area contributed by atoms with Crippen LogP contribution in [0.15, 0.2) is 60.1 Å². The van der Waals surface area contributed by atoms with Gasteiger partial charge in [0.1, 0.15) is 10.6 Å². The lowest BCUT2D eigenvalue weighted by atomic mass is 10.3. The number of aromatic nitrogens is 2. The van der Waals surface area contributed by atoms with Gasteiger partial charge in [0.15, 0.2) is 0 Å². The molecular formula is C13H10N2OS. The molecule has 0 saturated heterocycles. The average Bonchev–Trinajstić information content (AvgIpc) is 2.99. The van der Waals surface area contributed by atoms with E-state index in [2.05, 4.69) is 0 Å². The Kier molecular flexibility index (Phi) is 2.42. The Morgan fingerprint density at radius 1 is 1.00 bits per heavy atom. The first-order valence-electron chi connectivity index (χ1n) is 5.27. The summed E-state index contributed by atoms with van der Waals surface area (Å²) in [6.07, 6.45) is 1.79. The van der Waals surface area contributed by atoms with Gasteiger partial charge in [-0.15, -0.1) is 16.0 Å². The topological polar surface area (TPSA) is 31.9 Å². The fourth-order valence-electron chi connectivity index (χ4n) is 1.75. The summed E-state index contributed by atoms with van der Waals surface area (Å²) < 4.78 is 1.59. The Morgan fingerprint density at radius 2 is 1.82 bits per heavy atom. The largest absolute Gasteiger partial charge is 0.595 e. The summed E-state index contributed by atoms with van der Waals surface area (Å²) >= 11 is 1.56. The van der Waals surface area contributed by atoms with Crippen LogP contribution in [0.25, 0.3) is 16.3 Å². The number of rotatable bonds is 2. The van der Waals surface area contributed by atoms with Gasteiger partial charge in [-0.1, -0.05) is 29.1 Å². The van der Waals surface area contributed by atoms with Gasteiger partial charge < -0.3 is 5.21 Å². The van der Waals surface area contributed by atoms with Crippen molar-refractivity contribution in [1.82, 2.24) is 4.68 Å². The Labute approximate surface area is 103 Å². The highest BCUT2D eigenvalue weighted by Gasteiger charge is 2.15. The molecule has 1 aromatic carbocycles. The van der Waals surface area contributed by atoms with E-state index in [1.165, 1.54) is 0 Å². The molecule has 0 aliphatic rings. The zero-order valence-corrected chi connectivity index (χ0v) is 9.80. The lowest BCUT2D eigenvalue weighted by Crippen LogP contribution is -2.37. The predicted molar refractivity (Wildman–Crippen MR) is 68.0 cm³/mol. The summed E-state index contributed by atoms with van der Waals surface area (Å²) in [5.74, 6) is 0. The Bertz CT molecular complexity index is 614. The van der Waals surface area contributed by atoms with Crippen molar-refractivity contribution < 1.29 is 4.85 Å². The molecule has 0 spiro atoms. The third-order valence-electron chi connectivity index (χ3n) is 2.57. The van der Waals surface area contributed by atoms with Gasteiger partial charge in [0.25, 0.3) is 5.69 Å². The lowest BCUT2D eigenvalue weighted by molar-refractivity contribution is -0.673. The summed E-state index contributed by atoms with van der Waals surface area (Å²) in [4.78, 5) is 1.90. The zero-order valence-electron chi connectivity index (χ0n) is 8.98. The maximum absolute atomic E-state index is 12.2. The fourth-order valence-corrected chi connectivity index (χ4v) is 2.48. The van der Waals surface area contributed by atoms with Crippen molar-refractivity contribution in [3.05, 3.63) is 65.3 Å². The van der Waals surface area contributed by atoms with Crippen molar-refractivity contribution >= 4 is 11.3 Å². The molecule has 0 aliphatic carbocycles. The van der Waals surface area contributed by atoms with Crippen LogP contribution < -0.4 is 4.85 Å². The summed E-state index contributed by atoms with van der Waals surface area (Å²) in [5.41, 5.74) is 1.55. The van der Waals surface area contributed by atoms with E-state index in [1.807, 2.05) is 53.9 Å². The van der Waals surface area contributed by atoms with Gasteiger partial charge >= 0.3 is 0 Å². The lowest BCUT2D eigenvalue weighted by Gasteiger charge is -2.03. The molecule has 0 amide bonds. The van der Waals surface area contributed by atoms with Crippen molar-refractivity contribution in [3.63, 3.8) is 0 Å². The smallest absolute Gasteiger partial charge is 0.261 e. The molecule has 3 aromatic rings. The van der Waals surface area contributed by atoms with Gasteiger partial charge in [-0.2, -0.15) is 0 Å². The monoisotopic (exact) mass is 242 g/mol. The number of hydrogen-bond acceptors (Lipinski definition) is 2. The van der Waals surface area contributed by atoms with E-state index in [9.17, 15) is 5.21 Å². The Hall–Kier alpha value is -2.07. The van der Waals surface area contributed by atoms with E-state index in [-0.39, 0.29) is 0 Å². The third-order valence-corrected chi connectivity index (χ3v) is 3.46. The molecule has 3 rings (SSSR count). The first-order valence-corrected chi connectivity index (χ1v) is 6.15. The van der Waals surface area contributed by atoms with Gasteiger partial charge in [-0.25, -0.2) is 0 Å². The van der Waals surface area contributed by atoms with Crippen LogP contribution >= 0.6 is 11.3 Å². The van der Waals surface area contributed by atoms with Crippen LogP contribution in [0.5, 0.6) is 0 Å². The molecule has 0 atom stereocenters. The van der Waals surface area contributed by atoms with E-state index in [1.54, 1.807) is 22.2 Å². The van der Waals surface area contributed by atoms with E-state index < -0.39 is 0 Å². The van der Waals surface area contributed by atoms with Crippen molar-refractivity contribution in [2.24, 2.45) is 0 Å². The molecule has 84 valence electrons. The van der Waals surface area contributed by atoms with Crippen LogP contribution in [0.1, 0.15) is 0 Å². The first kappa shape index (κ1) is 10.1. The highest BCUT2D eigenvalue weighted by molar-refractivity contribution is 7.13. The maximum Gasteiger partial charge on any atom is 0.261 e. The molecule has 0 bridgehead atoms. The van der Waals surface area contributed by atoms with Crippen LogP contribution in [0.3, 0.4) is 0 Å². The highest BCUT2D eigenvalue weighted by atomic mass is 32.1. The van der Waals surface area contributed by atoms with E-state index in [0.717, 1.165) is 15.4 Å². The standard InChI is InChI=1S/C13H10N2OS/c16-15-12(13-7-4-10-17-13)8-9-14(15)11-5-2-1-3-6-11/h1-10H. The van der Waals surface area contributed by atoms with Crippen LogP contribution in [-0.4, -0.2) is 4.68 Å². The minimum atomic E-state index is 0.684. The molecule has 3 nitrogen and oxygen atoms in total. The van der Waals surface area contributed by atoms with Gasteiger partial charge in [0, 0.05) is 6.07 Å². The maximum atomic E-state index is 12.2. The molecule has 0 N–H and O–H groups in total. The molecule has 0 aliphatic heterocycles. The second kappa shape index (κ2) is 4.07. The van der Waals surface area contributed by atoms with E-state index in [4.69, 9.17) is 0 Å². The summed E-state index contributed by atoms with van der Waals surface area (Å²) in [6.45, 7) is 0. The van der Waals surface area contributed by atoms with Gasteiger partial charge in [0.2, 0.25) is 0 Å². The van der Waals surface area contributed by atoms with Crippen molar-refractivity contribution in [1.29, 1.82) is 0 Å². The highest BCUT2D eigenvalue weighted by Crippen LogP contribution is 2.21. The number of hydrogen-bond donors (Lipinski definition) is 0. The average molecular weight is 242 g/mol. The predicted octanol–water partition coefficient (Wildman–Crippen LogP) is 2.84. The summed E-state index contributed by atoms with van der Waals surface area (Å²) in [5, 5.41) is 14.1. The van der Waals surface area contributed by atoms with E-state index in [0.29, 0.717) is 5.69 Å². The molecule has 0 radical (unpaired) electrons. The number of thiophene rings is 1. The molecule has 0 saturated carbocycles. The molecule has 17 heavy (non-hydrogen) atoms. The molecule has 2 heterocycles. The molecule has 4 heteroatoms. The molecule has 0 fully saturated rings.